The van der Waals surface area contributed by atoms with E-state index in [-0.39, 0.29) is 17.9 Å². The Morgan fingerprint density at radius 2 is 1.82 bits per heavy atom. The molecule has 0 spiro atoms. The SMILES string of the molecule is CN(CCN(C)c1ccccc1)C(=O)C1C2CCC(C2)C1N. The van der Waals surface area contributed by atoms with E-state index in [0.717, 1.165) is 19.5 Å². The number of hydrogen-bond acceptors (Lipinski definition) is 3. The summed E-state index contributed by atoms with van der Waals surface area (Å²) < 4.78 is 0. The molecule has 120 valence electrons. The molecule has 2 aliphatic rings. The Kier molecular flexibility index (Phi) is 4.39. The smallest absolute Gasteiger partial charge is 0.227 e. The van der Waals surface area contributed by atoms with Crippen LogP contribution in [0.25, 0.3) is 0 Å². The third kappa shape index (κ3) is 2.84. The van der Waals surface area contributed by atoms with E-state index in [2.05, 4.69) is 24.1 Å². The maximum absolute atomic E-state index is 12.7. The minimum absolute atomic E-state index is 0.0609. The fraction of sp³-hybridized carbons (Fsp3) is 0.611. The predicted octanol–water partition coefficient (Wildman–Crippen LogP) is 1.95. The topological polar surface area (TPSA) is 49.6 Å². The van der Waals surface area contributed by atoms with Crippen LogP contribution in [-0.4, -0.2) is 44.0 Å². The molecule has 2 N–H and O–H groups in total. The normalized spacial score (nSPS) is 29.6. The first-order chi connectivity index (χ1) is 10.6. The Balaban J connectivity index is 1.54. The largest absolute Gasteiger partial charge is 0.373 e. The minimum atomic E-state index is 0.0609. The summed E-state index contributed by atoms with van der Waals surface area (Å²) in [5.74, 6) is 1.42. The van der Waals surface area contributed by atoms with Crippen molar-refractivity contribution in [3.8, 4) is 0 Å². The summed E-state index contributed by atoms with van der Waals surface area (Å²) >= 11 is 0. The van der Waals surface area contributed by atoms with E-state index in [0.29, 0.717) is 11.8 Å². The van der Waals surface area contributed by atoms with E-state index in [4.69, 9.17) is 5.73 Å². The van der Waals surface area contributed by atoms with E-state index < -0.39 is 0 Å². The number of carbonyl (C=O) groups excluding carboxylic acids is 1. The van der Waals surface area contributed by atoms with Crippen LogP contribution in [0.3, 0.4) is 0 Å². The van der Waals surface area contributed by atoms with E-state index in [1.165, 1.54) is 18.5 Å². The Morgan fingerprint density at radius 1 is 1.14 bits per heavy atom. The zero-order valence-corrected chi connectivity index (χ0v) is 13.6. The third-order valence-corrected chi connectivity index (χ3v) is 5.61. The summed E-state index contributed by atoms with van der Waals surface area (Å²) in [6.07, 6.45) is 3.57. The molecule has 1 amide bonds. The first-order valence-corrected chi connectivity index (χ1v) is 8.34. The number of fused-ring (bicyclic) bond motifs is 2. The molecule has 2 bridgehead atoms. The van der Waals surface area contributed by atoms with Crippen molar-refractivity contribution in [3.63, 3.8) is 0 Å². The van der Waals surface area contributed by atoms with Crippen LogP contribution in [-0.2, 0) is 4.79 Å². The van der Waals surface area contributed by atoms with Gasteiger partial charge in [-0.3, -0.25) is 4.79 Å². The average Bonchev–Trinajstić information content (AvgIpc) is 3.13. The van der Waals surface area contributed by atoms with Gasteiger partial charge in [0, 0.05) is 38.9 Å². The highest BCUT2D eigenvalue weighted by molar-refractivity contribution is 5.80. The minimum Gasteiger partial charge on any atom is -0.373 e. The number of hydrogen-bond donors (Lipinski definition) is 1. The molecule has 22 heavy (non-hydrogen) atoms. The summed E-state index contributed by atoms with van der Waals surface area (Å²) in [7, 11) is 3.98. The maximum atomic E-state index is 12.7. The lowest BCUT2D eigenvalue weighted by atomic mass is 9.84. The van der Waals surface area contributed by atoms with Crippen molar-refractivity contribution < 1.29 is 4.79 Å². The summed E-state index contributed by atoms with van der Waals surface area (Å²) in [6, 6.07) is 10.4. The molecule has 1 aromatic carbocycles. The second-order valence-corrected chi connectivity index (χ2v) is 6.95. The maximum Gasteiger partial charge on any atom is 0.227 e. The monoisotopic (exact) mass is 301 g/mol. The number of anilines is 1. The van der Waals surface area contributed by atoms with Gasteiger partial charge in [0.2, 0.25) is 5.91 Å². The first kappa shape index (κ1) is 15.3. The van der Waals surface area contributed by atoms with Gasteiger partial charge in [-0.25, -0.2) is 0 Å². The quantitative estimate of drug-likeness (QED) is 0.904. The number of nitrogens with zero attached hydrogens (tertiary/aromatic N) is 2. The van der Waals surface area contributed by atoms with Gasteiger partial charge in [-0.1, -0.05) is 18.2 Å². The van der Waals surface area contributed by atoms with Crippen LogP contribution in [0.2, 0.25) is 0 Å². The Labute approximate surface area is 133 Å². The van der Waals surface area contributed by atoms with Crippen molar-refractivity contribution in [2.24, 2.45) is 23.5 Å². The number of nitrogens with two attached hydrogens (primary N) is 1. The van der Waals surface area contributed by atoms with Crippen LogP contribution in [0.4, 0.5) is 5.69 Å². The van der Waals surface area contributed by atoms with Gasteiger partial charge in [-0.15, -0.1) is 0 Å². The highest BCUT2D eigenvalue weighted by Crippen LogP contribution is 2.48. The second-order valence-electron chi connectivity index (χ2n) is 6.95. The molecule has 0 radical (unpaired) electrons. The highest BCUT2D eigenvalue weighted by Gasteiger charge is 2.49. The lowest BCUT2D eigenvalue weighted by Crippen LogP contribution is -2.47. The molecule has 1 aromatic rings. The molecular formula is C18H27N3O. The fourth-order valence-corrected chi connectivity index (χ4v) is 4.18. The van der Waals surface area contributed by atoms with Crippen LogP contribution >= 0.6 is 0 Å². The zero-order chi connectivity index (χ0) is 15.7. The Hall–Kier alpha value is -1.55. The molecular weight excluding hydrogens is 274 g/mol. The second kappa shape index (κ2) is 6.29. The molecule has 4 nitrogen and oxygen atoms in total. The van der Waals surface area contributed by atoms with E-state index in [1.54, 1.807) is 0 Å². The van der Waals surface area contributed by atoms with Gasteiger partial charge < -0.3 is 15.5 Å². The molecule has 4 unspecified atom stereocenters. The molecule has 2 saturated carbocycles. The summed E-state index contributed by atoms with van der Waals surface area (Å²) in [5, 5.41) is 0. The number of carbonyl (C=O) groups is 1. The van der Waals surface area contributed by atoms with Gasteiger partial charge in [-0.2, -0.15) is 0 Å². The van der Waals surface area contributed by atoms with Gasteiger partial charge in [0.1, 0.15) is 0 Å². The van der Waals surface area contributed by atoms with Crippen LogP contribution in [0, 0.1) is 17.8 Å². The fourth-order valence-electron chi connectivity index (χ4n) is 4.18. The molecule has 4 heteroatoms. The number of amides is 1. The predicted molar refractivity (Wildman–Crippen MR) is 89.6 cm³/mol. The van der Waals surface area contributed by atoms with Gasteiger partial charge in [0.25, 0.3) is 0 Å². The van der Waals surface area contributed by atoms with Crippen molar-refractivity contribution in [1.82, 2.24) is 4.90 Å². The molecule has 2 aliphatic carbocycles. The van der Waals surface area contributed by atoms with Crippen LogP contribution < -0.4 is 10.6 Å². The Morgan fingerprint density at radius 3 is 2.45 bits per heavy atom. The zero-order valence-electron chi connectivity index (χ0n) is 13.6. The van der Waals surface area contributed by atoms with Crippen molar-refractivity contribution in [2.75, 3.05) is 32.1 Å². The van der Waals surface area contributed by atoms with Crippen molar-refractivity contribution >= 4 is 11.6 Å². The first-order valence-electron chi connectivity index (χ1n) is 8.34. The van der Waals surface area contributed by atoms with E-state index >= 15 is 0 Å². The van der Waals surface area contributed by atoms with Crippen molar-refractivity contribution in [1.29, 1.82) is 0 Å². The summed E-state index contributed by atoms with van der Waals surface area (Å²) in [6.45, 7) is 1.58. The van der Waals surface area contributed by atoms with Crippen molar-refractivity contribution in [2.45, 2.75) is 25.3 Å². The average molecular weight is 301 g/mol. The lowest BCUT2D eigenvalue weighted by Gasteiger charge is -2.31. The number of likely N-dealkylation sites (N-methyl/N-ethyl adjacent to an activating group) is 2. The molecule has 0 saturated heterocycles. The standard InChI is InChI=1S/C18H27N3O/c1-20(15-6-4-3-5-7-15)10-11-21(2)18(22)16-13-8-9-14(12-13)17(16)19/h3-7,13-14,16-17H,8-12,19H2,1-2H3. The highest BCUT2D eigenvalue weighted by atomic mass is 16.2. The van der Waals surface area contributed by atoms with E-state index in [9.17, 15) is 4.79 Å². The lowest BCUT2D eigenvalue weighted by molar-refractivity contribution is -0.136. The molecule has 4 atom stereocenters. The van der Waals surface area contributed by atoms with Crippen LogP contribution in [0.1, 0.15) is 19.3 Å². The molecule has 3 rings (SSSR count). The van der Waals surface area contributed by atoms with Gasteiger partial charge in [-0.05, 0) is 43.2 Å². The molecule has 2 fully saturated rings. The van der Waals surface area contributed by atoms with Gasteiger partial charge in [0.05, 0.1) is 5.92 Å². The summed E-state index contributed by atoms with van der Waals surface area (Å²) in [4.78, 5) is 16.8. The van der Waals surface area contributed by atoms with Crippen LogP contribution in [0.15, 0.2) is 30.3 Å². The number of para-hydroxylation sites is 1. The van der Waals surface area contributed by atoms with Gasteiger partial charge >= 0.3 is 0 Å². The molecule has 0 aliphatic heterocycles. The van der Waals surface area contributed by atoms with Gasteiger partial charge in [0.15, 0.2) is 0 Å². The third-order valence-electron chi connectivity index (χ3n) is 5.61. The molecule has 0 heterocycles. The molecule has 0 aromatic heterocycles. The number of rotatable bonds is 5. The van der Waals surface area contributed by atoms with Crippen LogP contribution in [0.5, 0.6) is 0 Å². The number of benzene rings is 1. The Bertz CT molecular complexity index is 516. The van der Waals surface area contributed by atoms with E-state index in [1.807, 2.05) is 30.1 Å². The summed E-state index contributed by atoms with van der Waals surface area (Å²) in [5.41, 5.74) is 7.47. The van der Waals surface area contributed by atoms with Crippen molar-refractivity contribution in [3.05, 3.63) is 30.3 Å².